The number of rotatable bonds is 3. The van der Waals surface area contributed by atoms with Gasteiger partial charge >= 0.3 is 5.97 Å². The van der Waals surface area contributed by atoms with Crippen LogP contribution in [-0.4, -0.2) is 28.2 Å². The molecule has 15 heavy (non-hydrogen) atoms. The molecule has 0 unspecified atom stereocenters. The van der Waals surface area contributed by atoms with E-state index in [0.29, 0.717) is 0 Å². The Morgan fingerprint density at radius 2 is 2.13 bits per heavy atom. The SMILES string of the molecule is CNc1cc(O)c(C(=O)O)cc1[N+](=O)[O-]. The second-order valence-electron chi connectivity index (χ2n) is 2.70. The summed E-state index contributed by atoms with van der Waals surface area (Å²) in [4.78, 5) is 20.4. The van der Waals surface area contributed by atoms with Crippen molar-refractivity contribution in [2.45, 2.75) is 0 Å². The van der Waals surface area contributed by atoms with E-state index in [1.807, 2.05) is 0 Å². The molecule has 0 amide bonds. The molecule has 0 saturated carbocycles. The van der Waals surface area contributed by atoms with Crippen LogP contribution in [0.1, 0.15) is 10.4 Å². The molecule has 0 saturated heterocycles. The number of nitro groups is 1. The maximum atomic E-state index is 10.6. The predicted molar refractivity (Wildman–Crippen MR) is 51.3 cm³/mol. The van der Waals surface area contributed by atoms with Gasteiger partial charge in [-0.3, -0.25) is 10.1 Å². The molecular weight excluding hydrogens is 204 g/mol. The smallest absolute Gasteiger partial charge is 0.339 e. The molecule has 3 N–H and O–H groups in total. The lowest BCUT2D eigenvalue weighted by Crippen LogP contribution is -2.02. The van der Waals surface area contributed by atoms with Crippen molar-refractivity contribution >= 4 is 17.3 Å². The lowest BCUT2D eigenvalue weighted by Gasteiger charge is -2.04. The van der Waals surface area contributed by atoms with Crippen molar-refractivity contribution in [3.63, 3.8) is 0 Å². The van der Waals surface area contributed by atoms with Gasteiger partial charge in [0.1, 0.15) is 17.0 Å². The number of aromatic carboxylic acids is 1. The van der Waals surface area contributed by atoms with Gasteiger partial charge in [-0.2, -0.15) is 0 Å². The van der Waals surface area contributed by atoms with Crippen molar-refractivity contribution in [2.24, 2.45) is 0 Å². The van der Waals surface area contributed by atoms with Crippen LogP contribution in [0.3, 0.4) is 0 Å². The number of hydrogen-bond acceptors (Lipinski definition) is 5. The molecule has 1 rings (SSSR count). The molecule has 0 aliphatic carbocycles. The van der Waals surface area contributed by atoms with Crippen LogP contribution in [0.2, 0.25) is 0 Å². The molecule has 0 aliphatic rings. The van der Waals surface area contributed by atoms with Gasteiger partial charge in [0.25, 0.3) is 5.69 Å². The van der Waals surface area contributed by atoms with Crippen molar-refractivity contribution in [3.8, 4) is 5.75 Å². The maximum absolute atomic E-state index is 10.6. The fraction of sp³-hybridized carbons (Fsp3) is 0.125. The molecule has 0 aromatic heterocycles. The summed E-state index contributed by atoms with van der Waals surface area (Å²) in [7, 11) is 1.43. The van der Waals surface area contributed by atoms with E-state index in [1.165, 1.54) is 7.05 Å². The fourth-order valence-corrected chi connectivity index (χ4v) is 1.10. The zero-order valence-electron chi connectivity index (χ0n) is 7.72. The van der Waals surface area contributed by atoms with Gasteiger partial charge in [0.05, 0.1) is 4.92 Å². The van der Waals surface area contributed by atoms with Crippen molar-refractivity contribution in [2.75, 3.05) is 12.4 Å². The summed E-state index contributed by atoms with van der Waals surface area (Å²) < 4.78 is 0. The summed E-state index contributed by atoms with van der Waals surface area (Å²) >= 11 is 0. The number of nitrogens with zero attached hydrogens (tertiary/aromatic N) is 1. The minimum absolute atomic E-state index is 0.0579. The van der Waals surface area contributed by atoms with Gasteiger partial charge < -0.3 is 15.5 Å². The molecule has 7 heteroatoms. The Labute approximate surface area is 84.1 Å². The molecule has 0 heterocycles. The van der Waals surface area contributed by atoms with Crippen molar-refractivity contribution < 1.29 is 19.9 Å². The molecule has 0 aliphatic heterocycles. The van der Waals surface area contributed by atoms with E-state index in [4.69, 9.17) is 5.11 Å². The zero-order chi connectivity index (χ0) is 11.6. The van der Waals surface area contributed by atoms with Gasteiger partial charge in [-0.05, 0) is 0 Å². The molecular formula is C8H8N2O5. The minimum atomic E-state index is -1.42. The van der Waals surface area contributed by atoms with Gasteiger partial charge in [0, 0.05) is 19.2 Å². The minimum Gasteiger partial charge on any atom is -0.507 e. The van der Waals surface area contributed by atoms with Crippen LogP contribution in [0.25, 0.3) is 0 Å². The number of carbonyl (C=O) groups is 1. The van der Waals surface area contributed by atoms with Gasteiger partial charge in [-0.1, -0.05) is 0 Å². The monoisotopic (exact) mass is 212 g/mol. The quantitative estimate of drug-likeness (QED) is 0.509. The first kappa shape index (κ1) is 10.8. The fourth-order valence-electron chi connectivity index (χ4n) is 1.10. The molecule has 0 fully saturated rings. The van der Waals surface area contributed by atoms with Crippen LogP contribution in [0.5, 0.6) is 5.75 Å². The van der Waals surface area contributed by atoms with Gasteiger partial charge in [-0.15, -0.1) is 0 Å². The first-order valence-electron chi connectivity index (χ1n) is 3.89. The van der Waals surface area contributed by atoms with E-state index >= 15 is 0 Å². The number of nitrogens with one attached hydrogen (secondary N) is 1. The highest BCUT2D eigenvalue weighted by Crippen LogP contribution is 2.31. The number of phenols is 1. The number of nitro benzene ring substituents is 1. The van der Waals surface area contributed by atoms with Crippen LogP contribution in [0, 0.1) is 10.1 Å². The number of carboxylic acid groups (broad SMARTS) is 1. The highest BCUT2D eigenvalue weighted by molar-refractivity contribution is 5.93. The van der Waals surface area contributed by atoms with E-state index < -0.39 is 27.9 Å². The lowest BCUT2D eigenvalue weighted by molar-refractivity contribution is -0.384. The van der Waals surface area contributed by atoms with E-state index in [1.54, 1.807) is 0 Å². The van der Waals surface area contributed by atoms with Crippen molar-refractivity contribution in [1.82, 2.24) is 0 Å². The number of anilines is 1. The Morgan fingerprint density at radius 1 is 1.53 bits per heavy atom. The normalized spacial score (nSPS) is 9.67. The summed E-state index contributed by atoms with van der Waals surface area (Å²) in [6, 6.07) is 1.81. The maximum Gasteiger partial charge on any atom is 0.339 e. The highest BCUT2D eigenvalue weighted by atomic mass is 16.6. The summed E-state index contributed by atoms with van der Waals surface area (Å²) in [5.41, 5.74) is -0.837. The van der Waals surface area contributed by atoms with Gasteiger partial charge in [0.15, 0.2) is 0 Å². The van der Waals surface area contributed by atoms with E-state index in [-0.39, 0.29) is 5.69 Å². The summed E-state index contributed by atoms with van der Waals surface area (Å²) in [5.74, 6) is -1.93. The third-order valence-corrected chi connectivity index (χ3v) is 1.81. The number of hydrogen-bond donors (Lipinski definition) is 3. The summed E-state index contributed by atoms with van der Waals surface area (Å²) in [6.07, 6.45) is 0. The lowest BCUT2D eigenvalue weighted by atomic mass is 10.1. The van der Waals surface area contributed by atoms with Crippen LogP contribution >= 0.6 is 0 Å². The Bertz CT molecular complexity index is 429. The molecule has 1 aromatic carbocycles. The molecule has 80 valence electrons. The van der Waals surface area contributed by atoms with Crippen LogP contribution in [0.15, 0.2) is 12.1 Å². The van der Waals surface area contributed by atoms with Crippen LogP contribution in [0.4, 0.5) is 11.4 Å². The van der Waals surface area contributed by atoms with Crippen molar-refractivity contribution in [3.05, 3.63) is 27.8 Å². The third-order valence-electron chi connectivity index (χ3n) is 1.81. The summed E-state index contributed by atoms with van der Waals surface area (Å²) in [6.45, 7) is 0. The van der Waals surface area contributed by atoms with Crippen molar-refractivity contribution in [1.29, 1.82) is 0 Å². The average molecular weight is 212 g/mol. The molecule has 1 aromatic rings. The van der Waals surface area contributed by atoms with E-state index in [2.05, 4.69) is 5.32 Å². The molecule has 0 atom stereocenters. The molecule has 0 radical (unpaired) electrons. The third kappa shape index (κ3) is 1.96. The Kier molecular flexibility index (Phi) is 2.75. The predicted octanol–water partition coefficient (Wildman–Crippen LogP) is 1.04. The van der Waals surface area contributed by atoms with Crippen LogP contribution < -0.4 is 5.32 Å². The van der Waals surface area contributed by atoms with Gasteiger partial charge in [-0.25, -0.2) is 4.79 Å². The Morgan fingerprint density at radius 3 is 2.53 bits per heavy atom. The first-order chi connectivity index (χ1) is 6.97. The Hall–Kier alpha value is -2.31. The topological polar surface area (TPSA) is 113 Å². The Balaban J connectivity index is 3.43. The van der Waals surface area contributed by atoms with E-state index in [0.717, 1.165) is 12.1 Å². The summed E-state index contributed by atoms with van der Waals surface area (Å²) in [5, 5.41) is 30.9. The molecule has 0 spiro atoms. The standard InChI is InChI=1S/C8H8N2O5/c1-9-5-3-7(11)4(8(12)13)2-6(5)10(14)15/h2-3,9,11H,1H3,(H,12,13). The number of benzene rings is 1. The van der Waals surface area contributed by atoms with Gasteiger partial charge in [0.2, 0.25) is 0 Å². The second-order valence-corrected chi connectivity index (χ2v) is 2.70. The first-order valence-corrected chi connectivity index (χ1v) is 3.89. The number of carboxylic acids is 1. The second kappa shape index (κ2) is 3.82. The molecule has 0 bridgehead atoms. The highest BCUT2D eigenvalue weighted by Gasteiger charge is 2.20. The largest absolute Gasteiger partial charge is 0.507 e. The van der Waals surface area contributed by atoms with Crippen LogP contribution in [-0.2, 0) is 0 Å². The number of aromatic hydroxyl groups is 1. The van der Waals surface area contributed by atoms with E-state index in [9.17, 15) is 20.0 Å². The average Bonchev–Trinajstić information content (AvgIpc) is 2.16. The zero-order valence-corrected chi connectivity index (χ0v) is 7.72. The molecule has 7 nitrogen and oxygen atoms in total.